The Labute approximate surface area is 88.7 Å². The molecule has 1 aromatic carbocycles. The molecule has 0 radical (unpaired) electrons. The molecule has 0 fully saturated rings. The van der Waals surface area contributed by atoms with Crippen LogP contribution in [0.4, 0.5) is 0 Å². The third-order valence-electron chi connectivity index (χ3n) is 2.38. The van der Waals surface area contributed by atoms with Crippen molar-refractivity contribution in [2.24, 2.45) is 5.92 Å². The minimum absolute atomic E-state index is 0.393. The van der Waals surface area contributed by atoms with Gasteiger partial charge in [-0.15, -0.1) is 0 Å². The van der Waals surface area contributed by atoms with Gasteiger partial charge in [0.25, 0.3) is 0 Å². The van der Waals surface area contributed by atoms with Gasteiger partial charge >= 0.3 is 5.97 Å². The first-order valence-electron chi connectivity index (χ1n) is 4.82. The number of carbonyl (C=O) groups excluding carboxylic acids is 1. The molecule has 0 saturated heterocycles. The van der Waals surface area contributed by atoms with E-state index in [9.17, 15) is 9.59 Å². The molecule has 0 aliphatic rings. The molecule has 0 bridgehead atoms. The van der Waals surface area contributed by atoms with Crippen LogP contribution < -0.4 is 0 Å². The van der Waals surface area contributed by atoms with Crippen LogP contribution in [0, 0.1) is 12.8 Å². The van der Waals surface area contributed by atoms with Crippen molar-refractivity contribution in [3.63, 3.8) is 0 Å². The second-order valence-electron chi connectivity index (χ2n) is 3.76. The fourth-order valence-corrected chi connectivity index (χ4v) is 1.43. The maximum Gasteiger partial charge on any atom is 0.306 e. The lowest BCUT2D eigenvalue weighted by Gasteiger charge is -2.08. The number of rotatable bonds is 4. The Morgan fingerprint density at radius 1 is 1.53 bits per heavy atom. The third kappa shape index (κ3) is 2.91. The van der Waals surface area contributed by atoms with Crippen LogP contribution >= 0.6 is 0 Å². The number of aryl methyl sites for hydroxylation is 1. The van der Waals surface area contributed by atoms with Gasteiger partial charge in [-0.1, -0.05) is 24.6 Å². The molecule has 0 spiro atoms. The summed E-state index contributed by atoms with van der Waals surface area (Å²) in [5.74, 6) is -1.31. The van der Waals surface area contributed by atoms with Crippen molar-refractivity contribution >= 4 is 12.3 Å². The Morgan fingerprint density at radius 3 is 2.73 bits per heavy atom. The van der Waals surface area contributed by atoms with Gasteiger partial charge in [-0.05, 0) is 25.0 Å². The highest BCUT2D eigenvalue weighted by Gasteiger charge is 2.13. The Hall–Kier alpha value is -1.64. The molecule has 3 heteroatoms. The number of carbonyl (C=O) groups is 2. The zero-order chi connectivity index (χ0) is 11.4. The van der Waals surface area contributed by atoms with Crippen molar-refractivity contribution < 1.29 is 14.7 Å². The van der Waals surface area contributed by atoms with Gasteiger partial charge in [-0.25, -0.2) is 0 Å². The van der Waals surface area contributed by atoms with E-state index >= 15 is 0 Å². The molecule has 1 aromatic rings. The summed E-state index contributed by atoms with van der Waals surface area (Å²) in [5.41, 5.74) is 2.39. The van der Waals surface area contributed by atoms with E-state index in [2.05, 4.69) is 0 Å². The summed E-state index contributed by atoms with van der Waals surface area (Å²) in [7, 11) is 0. The number of carboxylic acids is 1. The molecule has 15 heavy (non-hydrogen) atoms. The Bertz CT molecular complexity index is 382. The second kappa shape index (κ2) is 4.73. The molecule has 1 rings (SSSR count). The number of aliphatic carboxylic acids is 1. The third-order valence-corrected chi connectivity index (χ3v) is 2.38. The first-order valence-corrected chi connectivity index (χ1v) is 4.82. The van der Waals surface area contributed by atoms with Crippen LogP contribution in [0.15, 0.2) is 18.2 Å². The Kier molecular flexibility index (Phi) is 3.61. The number of hydrogen-bond donors (Lipinski definition) is 1. The largest absolute Gasteiger partial charge is 0.481 e. The molecule has 0 aromatic heterocycles. The van der Waals surface area contributed by atoms with Gasteiger partial charge in [-0.3, -0.25) is 9.59 Å². The number of benzene rings is 1. The zero-order valence-electron chi connectivity index (χ0n) is 8.86. The summed E-state index contributed by atoms with van der Waals surface area (Å²) in [6.45, 7) is 3.54. The summed E-state index contributed by atoms with van der Waals surface area (Å²) in [6, 6.07) is 5.48. The van der Waals surface area contributed by atoms with Crippen LogP contribution in [0.3, 0.4) is 0 Å². The molecule has 0 amide bonds. The minimum atomic E-state index is -0.840. The van der Waals surface area contributed by atoms with E-state index in [1.165, 1.54) is 0 Å². The number of carboxylic acid groups (broad SMARTS) is 1. The minimum Gasteiger partial charge on any atom is -0.481 e. The average Bonchev–Trinajstić information content (AvgIpc) is 2.20. The lowest BCUT2D eigenvalue weighted by molar-refractivity contribution is -0.141. The molecule has 80 valence electrons. The van der Waals surface area contributed by atoms with E-state index in [1.54, 1.807) is 13.0 Å². The number of hydrogen-bond acceptors (Lipinski definition) is 2. The van der Waals surface area contributed by atoms with Gasteiger partial charge in [0.2, 0.25) is 0 Å². The Balaban J connectivity index is 2.94. The summed E-state index contributed by atoms with van der Waals surface area (Å²) < 4.78 is 0. The van der Waals surface area contributed by atoms with Gasteiger partial charge in [0.15, 0.2) is 0 Å². The van der Waals surface area contributed by atoms with Crippen LogP contribution in [0.5, 0.6) is 0 Å². The lowest BCUT2D eigenvalue weighted by atomic mass is 9.96. The van der Waals surface area contributed by atoms with Gasteiger partial charge in [0.05, 0.1) is 5.92 Å². The van der Waals surface area contributed by atoms with Crippen molar-refractivity contribution in [2.75, 3.05) is 0 Å². The van der Waals surface area contributed by atoms with Crippen LogP contribution in [0.25, 0.3) is 0 Å². The van der Waals surface area contributed by atoms with Gasteiger partial charge < -0.3 is 5.11 Å². The maximum atomic E-state index is 10.8. The standard InChI is InChI=1S/C12H14O3/c1-8-3-4-10(11(5-8)7-13)6-9(2)12(14)15/h3-5,7,9H,6H2,1-2H3,(H,14,15). The summed E-state index contributed by atoms with van der Waals surface area (Å²) >= 11 is 0. The molecule has 1 atom stereocenters. The van der Waals surface area contributed by atoms with Crippen LogP contribution in [0.2, 0.25) is 0 Å². The molecule has 1 N–H and O–H groups in total. The van der Waals surface area contributed by atoms with Crippen LogP contribution in [-0.4, -0.2) is 17.4 Å². The average molecular weight is 206 g/mol. The van der Waals surface area contributed by atoms with E-state index in [-0.39, 0.29) is 0 Å². The molecular weight excluding hydrogens is 192 g/mol. The summed E-state index contributed by atoms with van der Waals surface area (Å²) in [4.78, 5) is 21.5. The quantitative estimate of drug-likeness (QED) is 0.767. The van der Waals surface area contributed by atoms with Crippen molar-refractivity contribution in [1.82, 2.24) is 0 Å². The lowest BCUT2D eigenvalue weighted by Crippen LogP contribution is -2.13. The highest BCUT2D eigenvalue weighted by atomic mass is 16.4. The SMILES string of the molecule is Cc1ccc(CC(C)C(=O)O)c(C=O)c1. The van der Waals surface area contributed by atoms with Crippen molar-refractivity contribution in [3.05, 3.63) is 34.9 Å². The van der Waals surface area contributed by atoms with Crippen LogP contribution in [0.1, 0.15) is 28.4 Å². The van der Waals surface area contributed by atoms with Crippen molar-refractivity contribution in [2.45, 2.75) is 20.3 Å². The van der Waals surface area contributed by atoms with E-state index in [0.29, 0.717) is 12.0 Å². The first-order chi connectivity index (χ1) is 7.04. The Morgan fingerprint density at radius 2 is 2.20 bits per heavy atom. The monoisotopic (exact) mass is 206 g/mol. The predicted octanol–water partition coefficient (Wildman–Crippen LogP) is 2.07. The molecule has 0 saturated carbocycles. The fourth-order valence-electron chi connectivity index (χ4n) is 1.43. The van der Waals surface area contributed by atoms with Gasteiger partial charge in [-0.2, -0.15) is 0 Å². The van der Waals surface area contributed by atoms with Crippen LogP contribution in [-0.2, 0) is 11.2 Å². The highest BCUT2D eigenvalue weighted by Crippen LogP contribution is 2.14. The normalized spacial score (nSPS) is 12.1. The predicted molar refractivity (Wildman–Crippen MR) is 57.1 cm³/mol. The number of aldehydes is 1. The van der Waals surface area contributed by atoms with Crippen molar-refractivity contribution in [1.29, 1.82) is 0 Å². The van der Waals surface area contributed by atoms with E-state index in [1.807, 2.05) is 19.1 Å². The topological polar surface area (TPSA) is 54.4 Å². The molecule has 1 unspecified atom stereocenters. The van der Waals surface area contributed by atoms with Crippen molar-refractivity contribution in [3.8, 4) is 0 Å². The van der Waals surface area contributed by atoms with Gasteiger partial charge in [0, 0.05) is 5.56 Å². The molecule has 0 heterocycles. The maximum absolute atomic E-state index is 10.8. The molecule has 0 aliphatic heterocycles. The molecule has 0 aliphatic carbocycles. The zero-order valence-corrected chi connectivity index (χ0v) is 8.86. The van der Waals surface area contributed by atoms with E-state index in [4.69, 9.17) is 5.11 Å². The van der Waals surface area contributed by atoms with E-state index in [0.717, 1.165) is 17.4 Å². The molecular formula is C12H14O3. The van der Waals surface area contributed by atoms with E-state index < -0.39 is 11.9 Å². The summed E-state index contributed by atoms with van der Waals surface area (Å²) in [6.07, 6.45) is 1.17. The summed E-state index contributed by atoms with van der Waals surface area (Å²) in [5, 5.41) is 8.77. The fraction of sp³-hybridized carbons (Fsp3) is 0.333. The molecule has 3 nitrogen and oxygen atoms in total. The first kappa shape index (κ1) is 11.4. The highest BCUT2D eigenvalue weighted by molar-refractivity contribution is 5.78. The smallest absolute Gasteiger partial charge is 0.306 e. The second-order valence-corrected chi connectivity index (χ2v) is 3.76. The van der Waals surface area contributed by atoms with Gasteiger partial charge in [0.1, 0.15) is 6.29 Å².